The molecule has 0 N–H and O–H groups in total. The number of aryl methyl sites for hydroxylation is 1. The lowest BCUT2D eigenvalue weighted by Gasteiger charge is -2.39. The van der Waals surface area contributed by atoms with Crippen molar-refractivity contribution >= 4 is 28.6 Å². The molecule has 4 aromatic rings. The first-order valence-electron chi connectivity index (χ1n) is 15.8. The average molecular weight is 624 g/mol. The third-order valence-electron chi connectivity index (χ3n) is 7.78. The molecule has 1 fully saturated rings. The van der Waals surface area contributed by atoms with Crippen LogP contribution in [-0.2, 0) is 16.1 Å². The largest absolute Gasteiger partial charge is 0.496 e. The molecule has 2 heterocycles. The first-order chi connectivity index (χ1) is 21.7. The van der Waals surface area contributed by atoms with Gasteiger partial charge in [-0.25, -0.2) is 9.78 Å². The van der Waals surface area contributed by atoms with E-state index in [9.17, 15) is 9.59 Å². The summed E-state index contributed by atoms with van der Waals surface area (Å²) in [6.45, 7) is 15.1. The van der Waals surface area contributed by atoms with Crippen LogP contribution in [0.4, 0.5) is 10.6 Å². The summed E-state index contributed by atoms with van der Waals surface area (Å²) in [6, 6.07) is 22.2. The Morgan fingerprint density at radius 1 is 0.913 bits per heavy atom. The summed E-state index contributed by atoms with van der Waals surface area (Å²) in [7, 11) is 1.68. The summed E-state index contributed by atoms with van der Waals surface area (Å²) in [5, 5.41) is 1.79. The molecule has 46 heavy (non-hydrogen) atoms. The summed E-state index contributed by atoms with van der Waals surface area (Å²) in [6.07, 6.45) is 1.68. The van der Waals surface area contributed by atoms with E-state index in [2.05, 4.69) is 57.2 Å². The fourth-order valence-electron chi connectivity index (χ4n) is 5.48. The number of pyridine rings is 1. The fraction of sp³-hybridized carbons (Fsp3) is 0.395. The van der Waals surface area contributed by atoms with Gasteiger partial charge < -0.3 is 19.1 Å². The zero-order valence-electron chi connectivity index (χ0n) is 28.2. The SMILES string of the molecule is COc1ccc(-c2ccc(CN(C(=O)CC(C)(C)C)c3nccc4cc(OC5CN(C(=O)OC(C)(C)C)C5)ccc34)cc2)cc1C. The minimum atomic E-state index is -0.533. The molecule has 1 aliphatic heterocycles. The van der Waals surface area contributed by atoms with Gasteiger partial charge in [-0.3, -0.25) is 9.69 Å². The summed E-state index contributed by atoms with van der Waals surface area (Å²) in [4.78, 5) is 34.3. The fourth-order valence-corrected chi connectivity index (χ4v) is 5.48. The molecule has 0 saturated carbocycles. The topological polar surface area (TPSA) is 81.2 Å². The Labute approximate surface area is 272 Å². The molecule has 0 radical (unpaired) electrons. The molecule has 242 valence electrons. The number of likely N-dealkylation sites (tertiary alicyclic amines) is 1. The van der Waals surface area contributed by atoms with Crippen LogP contribution < -0.4 is 14.4 Å². The number of aromatic nitrogens is 1. The van der Waals surface area contributed by atoms with E-state index in [1.807, 2.05) is 58.0 Å². The maximum Gasteiger partial charge on any atom is 0.410 e. The molecule has 1 saturated heterocycles. The molecule has 0 bridgehead atoms. The van der Waals surface area contributed by atoms with Crippen LogP contribution in [0.5, 0.6) is 11.5 Å². The van der Waals surface area contributed by atoms with Crippen molar-refractivity contribution in [3.8, 4) is 22.6 Å². The average Bonchev–Trinajstić information content (AvgIpc) is 2.95. The standard InChI is InChI=1S/C38H45N3O5/c1-25-19-28(13-16-33(25)44-8)27-11-9-26(10-12-27)22-41(34(42)21-37(2,3)4)35-32-15-14-30(20-29(32)17-18-39-35)45-31-23-40(24-31)36(43)46-38(5,6)7/h9-20,31H,21-24H2,1-8H3. The number of nitrogens with zero attached hydrogens (tertiary/aromatic N) is 3. The molecule has 0 atom stereocenters. The number of hydrogen-bond donors (Lipinski definition) is 0. The lowest BCUT2D eigenvalue weighted by atomic mass is 9.91. The highest BCUT2D eigenvalue weighted by atomic mass is 16.6. The first-order valence-corrected chi connectivity index (χ1v) is 15.8. The summed E-state index contributed by atoms with van der Waals surface area (Å²) in [5.74, 6) is 2.20. The van der Waals surface area contributed by atoms with Gasteiger partial charge >= 0.3 is 6.09 Å². The van der Waals surface area contributed by atoms with E-state index in [1.165, 1.54) is 0 Å². The van der Waals surface area contributed by atoms with Gasteiger partial charge in [0.15, 0.2) is 0 Å². The number of fused-ring (bicyclic) bond motifs is 1. The van der Waals surface area contributed by atoms with Crippen molar-refractivity contribution in [1.82, 2.24) is 9.88 Å². The summed E-state index contributed by atoms with van der Waals surface area (Å²) < 4.78 is 17.1. The molecule has 5 rings (SSSR count). The Kier molecular flexibility index (Phi) is 9.29. The summed E-state index contributed by atoms with van der Waals surface area (Å²) in [5.41, 5.74) is 3.57. The molecular formula is C38H45N3O5. The van der Waals surface area contributed by atoms with Crippen LogP contribution in [0.2, 0.25) is 0 Å². The van der Waals surface area contributed by atoms with Crippen LogP contribution >= 0.6 is 0 Å². The van der Waals surface area contributed by atoms with E-state index >= 15 is 0 Å². The van der Waals surface area contributed by atoms with Crippen molar-refractivity contribution in [1.29, 1.82) is 0 Å². The minimum Gasteiger partial charge on any atom is -0.496 e. The van der Waals surface area contributed by atoms with Gasteiger partial charge in [-0.15, -0.1) is 0 Å². The van der Waals surface area contributed by atoms with Crippen LogP contribution in [0.15, 0.2) is 72.9 Å². The lowest BCUT2D eigenvalue weighted by molar-refractivity contribution is -0.120. The van der Waals surface area contributed by atoms with Crippen LogP contribution in [-0.4, -0.2) is 53.8 Å². The van der Waals surface area contributed by atoms with E-state index in [-0.39, 0.29) is 23.5 Å². The van der Waals surface area contributed by atoms with Crippen LogP contribution in [0.3, 0.4) is 0 Å². The molecule has 8 nitrogen and oxygen atoms in total. The van der Waals surface area contributed by atoms with Crippen molar-refractivity contribution in [2.75, 3.05) is 25.1 Å². The minimum absolute atomic E-state index is 0.0133. The van der Waals surface area contributed by atoms with Gasteiger partial charge in [-0.1, -0.05) is 51.1 Å². The lowest BCUT2D eigenvalue weighted by Crippen LogP contribution is -2.57. The molecule has 0 spiro atoms. The number of carbonyl (C=O) groups excluding carboxylic acids is 2. The number of rotatable bonds is 8. The van der Waals surface area contributed by atoms with E-state index < -0.39 is 5.60 Å². The van der Waals surface area contributed by atoms with Crippen molar-refractivity contribution < 1.29 is 23.8 Å². The van der Waals surface area contributed by atoms with E-state index in [0.29, 0.717) is 37.6 Å². The smallest absolute Gasteiger partial charge is 0.410 e. The number of carbonyl (C=O) groups is 2. The van der Waals surface area contributed by atoms with Crippen LogP contribution in [0.1, 0.15) is 59.1 Å². The van der Waals surface area contributed by atoms with Crippen LogP contribution in [0.25, 0.3) is 21.9 Å². The second kappa shape index (κ2) is 13.0. The molecular weight excluding hydrogens is 578 g/mol. The quantitative estimate of drug-likeness (QED) is 0.197. The van der Waals surface area contributed by atoms with Gasteiger partial charge in [0.1, 0.15) is 29.0 Å². The normalized spacial score (nSPS) is 13.7. The maximum absolute atomic E-state index is 13.8. The third kappa shape index (κ3) is 7.97. The third-order valence-corrected chi connectivity index (χ3v) is 7.78. The highest BCUT2D eigenvalue weighted by Crippen LogP contribution is 2.33. The van der Waals surface area contributed by atoms with Gasteiger partial charge in [0.25, 0.3) is 0 Å². The van der Waals surface area contributed by atoms with Gasteiger partial charge in [-0.2, -0.15) is 0 Å². The van der Waals surface area contributed by atoms with Crippen molar-refractivity contribution in [3.05, 3.63) is 84.1 Å². The zero-order valence-corrected chi connectivity index (χ0v) is 28.2. The Bertz CT molecular complexity index is 1710. The Morgan fingerprint density at radius 2 is 1.61 bits per heavy atom. The van der Waals surface area contributed by atoms with Gasteiger partial charge in [0.05, 0.1) is 26.7 Å². The van der Waals surface area contributed by atoms with Gasteiger partial charge in [-0.05, 0) is 97.1 Å². The van der Waals surface area contributed by atoms with E-state index in [0.717, 1.165) is 38.8 Å². The highest BCUT2D eigenvalue weighted by Gasteiger charge is 2.35. The van der Waals surface area contributed by atoms with Crippen molar-refractivity contribution in [2.45, 2.75) is 73.1 Å². The highest BCUT2D eigenvalue weighted by molar-refractivity contribution is 6.02. The molecule has 1 aromatic heterocycles. The second-order valence-corrected chi connectivity index (χ2v) is 14.2. The number of hydrogen-bond acceptors (Lipinski definition) is 6. The zero-order chi connectivity index (χ0) is 33.2. The molecule has 3 aromatic carbocycles. The molecule has 0 unspecified atom stereocenters. The van der Waals surface area contributed by atoms with E-state index in [1.54, 1.807) is 23.1 Å². The van der Waals surface area contributed by atoms with Gasteiger partial charge in [0.2, 0.25) is 5.91 Å². The predicted octanol–water partition coefficient (Wildman–Crippen LogP) is 8.19. The van der Waals surface area contributed by atoms with E-state index in [4.69, 9.17) is 19.2 Å². The Balaban J connectivity index is 1.36. The van der Waals surface area contributed by atoms with Crippen LogP contribution in [0, 0.1) is 12.3 Å². The van der Waals surface area contributed by atoms with Crippen molar-refractivity contribution in [3.63, 3.8) is 0 Å². The second-order valence-electron chi connectivity index (χ2n) is 14.2. The Morgan fingerprint density at radius 3 is 2.24 bits per heavy atom. The predicted molar refractivity (Wildman–Crippen MR) is 182 cm³/mol. The Hall–Kier alpha value is -4.59. The molecule has 1 aliphatic rings. The first kappa shape index (κ1) is 32.8. The molecule has 0 aliphatic carbocycles. The monoisotopic (exact) mass is 623 g/mol. The number of methoxy groups -OCH3 is 1. The number of benzene rings is 3. The number of amides is 2. The molecule has 2 amide bonds. The maximum atomic E-state index is 13.8. The molecule has 8 heteroatoms. The van der Waals surface area contributed by atoms with Gasteiger partial charge in [0, 0.05) is 18.0 Å². The number of anilines is 1. The van der Waals surface area contributed by atoms with Crippen molar-refractivity contribution in [2.24, 2.45) is 5.41 Å². The number of ether oxygens (including phenoxy) is 3. The summed E-state index contributed by atoms with van der Waals surface area (Å²) >= 11 is 0.